The molecule has 1 heterocycles. The van der Waals surface area contributed by atoms with Crippen molar-refractivity contribution in [3.8, 4) is 0 Å². The summed E-state index contributed by atoms with van der Waals surface area (Å²) >= 11 is 5.98. The Labute approximate surface area is 120 Å². The van der Waals surface area contributed by atoms with Crippen LogP contribution in [0.1, 0.15) is 50.7 Å². The summed E-state index contributed by atoms with van der Waals surface area (Å²) in [4.78, 5) is 16.3. The molecule has 0 fully saturated rings. The molecule has 0 aliphatic heterocycles. The van der Waals surface area contributed by atoms with Gasteiger partial charge in [0.05, 0.1) is 0 Å². The van der Waals surface area contributed by atoms with Crippen LogP contribution in [-0.4, -0.2) is 17.4 Å². The van der Waals surface area contributed by atoms with Crippen molar-refractivity contribution in [1.29, 1.82) is 0 Å². The fourth-order valence-electron chi connectivity index (χ4n) is 1.46. The number of hydrogen-bond acceptors (Lipinski definition) is 2. The van der Waals surface area contributed by atoms with Crippen molar-refractivity contribution in [3.05, 3.63) is 40.2 Å². The topological polar surface area (TPSA) is 42.0 Å². The molecule has 0 aliphatic carbocycles. The maximum atomic E-state index is 12.0. The van der Waals surface area contributed by atoms with Gasteiger partial charge in [-0.15, -0.1) is 0 Å². The van der Waals surface area contributed by atoms with E-state index in [1.54, 1.807) is 12.1 Å². The van der Waals surface area contributed by atoms with Crippen LogP contribution in [0, 0.1) is 0 Å². The molecule has 104 valence electrons. The van der Waals surface area contributed by atoms with Crippen LogP contribution >= 0.6 is 11.6 Å². The first-order chi connectivity index (χ1) is 8.70. The number of carbonyl (C=O) groups excluding carboxylic acids is 1. The molecule has 1 aromatic rings. The molecular formula is C15H21ClN2O. The lowest BCUT2D eigenvalue weighted by atomic mass is 9.91. The monoisotopic (exact) mass is 280 g/mol. The van der Waals surface area contributed by atoms with Gasteiger partial charge >= 0.3 is 0 Å². The van der Waals surface area contributed by atoms with Gasteiger partial charge in [-0.2, -0.15) is 0 Å². The molecule has 1 aromatic heterocycles. The van der Waals surface area contributed by atoms with Gasteiger partial charge in [0.15, 0.2) is 0 Å². The van der Waals surface area contributed by atoms with Crippen molar-refractivity contribution in [1.82, 2.24) is 10.3 Å². The van der Waals surface area contributed by atoms with Gasteiger partial charge in [0, 0.05) is 23.2 Å². The number of hydrogen-bond donors (Lipinski definition) is 1. The molecule has 0 atom stereocenters. The van der Waals surface area contributed by atoms with E-state index in [4.69, 9.17) is 11.6 Å². The molecule has 0 bridgehead atoms. The van der Waals surface area contributed by atoms with E-state index in [0.717, 1.165) is 5.69 Å². The molecule has 0 aromatic carbocycles. The Morgan fingerprint density at radius 3 is 2.53 bits per heavy atom. The lowest BCUT2D eigenvalue weighted by Crippen LogP contribution is -2.24. The average Bonchev–Trinajstić information content (AvgIpc) is 2.26. The number of amides is 1. The Morgan fingerprint density at radius 1 is 1.37 bits per heavy atom. The van der Waals surface area contributed by atoms with Gasteiger partial charge in [-0.05, 0) is 26.0 Å². The van der Waals surface area contributed by atoms with Gasteiger partial charge in [-0.25, -0.2) is 4.98 Å². The van der Waals surface area contributed by atoms with Crippen LogP contribution in [0.15, 0.2) is 23.8 Å². The first kappa shape index (κ1) is 15.7. The number of aromatic nitrogens is 1. The van der Waals surface area contributed by atoms with Crippen LogP contribution in [0.3, 0.4) is 0 Å². The van der Waals surface area contributed by atoms with E-state index in [0.29, 0.717) is 17.3 Å². The fourth-order valence-corrected chi connectivity index (χ4v) is 1.67. The Balaban J connectivity index is 2.92. The third-order valence-electron chi connectivity index (χ3n) is 2.60. The summed E-state index contributed by atoms with van der Waals surface area (Å²) in [7, 11) is 0. The molecule has 1 amide bonds. The fraction of sp³-hybridized carbons (Fsp3) is 0.467. The highest BCUT2D eigenvalue weighted by atomic mass is 35.5. The van der Waals surface area contributed by atoms with E-state index in [1.165, 1.54) is 5.57 Å². The minimum absolute atomic E-state index is 0.132. The summed E-state index contributed by atoms with van der Waals surface area (Å²) in [6.07, 6.45) is 1.96. The molecule has 3 nitrogen and oxygen atoms in total. The third-order valence-corrected chi connectivity index (χ3v) is 2.79. The van der Waals surface area contributed by atoms with E-state index in [1.807, 2.05) is 40.7 Å². The van der Waals surface area contributed by atoms with E-state index < -0.39 is 0 Å². The van der Waals surface area contributed by atoms with E-state index >= 15 is 0 Å². The molecule has 19 heavy (non-hydrogen) atoms. The van der Waals surface area contributed by atoms with Crippen LogP contribution in [-0.2, 0) is 5.41 Å². The SMILES string of the molecule is CC(C)=CCNC(=O)c1cc(Cl)nc(C(C)(C)C)c1. The van der Waals surface area contributed by atoms with Crippen LogP contribution in [0.2, 0.25) is 5.15 Å². The zero-order valence-electron chi connectivity index (χ0n) is 12.2. The van der Waals surface area contributed by atoms with Crippen LogP contribution in [0.25, 0.3) is 0 Å². The lowest BCUT2D eigenvalue weighted by molar-refractivity contribution is 0.0957. The molecule has 1 N–H and O–H groups in total. The zero-order chi connectivity index (χ0) is 14.6. The number of rotatable bonds is 3. The summed E-state index contributed by atoms with van der Waals surface area (Å²) in [6.45, 7) is 10.6. The number of allylic oxidation sites excluding steroid dienone is 1. The zero-order valence-corrected chi connectivity index (χ0v) is 12.9. The van der Waals surface area contributed by atoms with Crippen molar-refractivity contribution in [2.24, 2.45) is 0 Å². The normalized spacial score (nSPS) is 11.1. The first-order valence-corrected chi connectivity index (χ1v) is 6.67. The summed E-state index contributed by atoms with van der Waals surface area (Å²) < 4.78 is 0. The van der Waals surface area contributed by atoms with Crippen LogP contribution in [0.4, 0.5) is 0 Å². The van der Waals surface area contributed by atoms with Gasteiger partial charge < -0.3 is 5.32 Å². The predicted octanol–water partition coefficient (Wildman–Crippen LogP) is 3.73. The second-order valence-electron chi connectivity index (χ2n) is 5.81. The molecule has 0 radical (unpaired) electrons. The van der Waals surface area contributed by atoms with Crippen LogP contribution < -0.4 is 5.32 Å². The van der Waals surface area contributed by atoms with Gasteiger partial charge in [-0.1, -0.05) is 44.0 Å². The van der Waals surface area contributed by atoms with Crippen molar-refractivity contribution in [3.63, 3.8) is 0 Å². The van der Waals surface area contributed by atoms with Crippen molar-refractivity contribution in [2.75, 3.05) is 6.54 Å². The molecule has 1 rings (SSSR count). The maximum absolute atomic E-state index is 12.0. The third kappa shape index (κ3) is 5.03. The summed E-state index contributed by atoms with van der Waals surface area (Å²) in [5.74, 6) is -0.132. The number of nitrogens with zero attached hydrogens (tertiary/aromatic N) is 1. The summed E-state index contributed by atoms with van der Waals surface area (Å²) in [5.41, 5.74) is 2.39. The van der Waals surface area contributed by atoms with Crippen LogP contribution in [0.5, 0.6) is 0 Å². The van der Waals surface area contributed by atoms with Gasteiger partial charge in [0.2, 0.25) is 0 Å². The molecule has 0 saturated carbocycles. The summed E-state index contributed by atoms with van der Waals surface area (Å²) in [6, 6.07) is 3.39. The number of carbonyl (C=O) groups is 1. The van der Waals surface area contributed by atoms with Crippen molar-refractivity contribution in [2.45, 2.75) is 40.0 Å². The second kappa shape index (κ2) is 6.20. The standard InChI is InChI=1S/C15H21ClN2O/c1-10(2)6-7-17-14(19)11-8-12(15(3,4)5)18-13(16)9-11/h6,8-9H,7H2,1-5H3,(H,17,19). The molecule has 0 unspecified atom stereocenters. The minimum atomic E-state index is -0.139. The summed E-state index contributed by atoms with van der Waals surface area (Å²) in [5, 5.41) is 3.18. The number of pyridine rings is 1. The average molecular weight is 281 g/mol. The van der Waals surface area contributed by atoms with Gasteiger partial charge in [-0.3, -0.25) is 4.79 Å². The minimum Gasteiger partial charge on any atom is -0.349 e. The molecule has 4 heteroatoms. The molecule has 0 spiro atoms. The Bertz CT molecular complexity index is 497. The Morgan fingerprint density at radius 2 is 2.00 bits per heavy atom. The highest BCUT2D eigenvalue weighted by molar-refractivity contribution is 6.29. The lowest BCUT2D eigenvalue weighted by Gasteiger charge is -2.18. The molecular weight excluding hydrogens is 260 g/mol. The number of nitrogens with one attached hydrogen (secondary N) is 1. The van der Waals surface area contributed by atoms with Crippen molar-refractivity contribution < 1.29 is 4.79 Å². The van der Waals surface area contributed by atoms with Crippen molar-refractivity contribution >= 4 is 17.5 Å². The quantitative estimate of drug-likeness (QED) is 0.677. The Kier molecular flexibility index (Phi) is 5.12. The van der Waals surface area contributed by atoms with E-state index in [-0.39, 0.29) is 11.3 Å². The molecule has 0 aliphatic rings. The highest BCUT2D eigenvalue weighted by Gasteiger charge is 2.18. The second-order valence-corrected chi connectivity index (χ2v) is 6.19. The van der Waals surface area contributed by atoms with E-state index in [2.05, 4.69) is 10.3 Å². The maximum Gasteiger partial charge on any atom is 0.251 e. The first-order valence-electron chi connectivity index (χ1n) is 6.30. The Hall–Kier alpha value is -1.35. The largest absolute Gasteiger partial charge is 0.349 e. The molecule has 0 saturated heterocycles. The highest BCUT2D eigenvalue weighted by Crippen LogP contribution is 2.23. The predicted molar refractivity (Wildman–Crippen MR) is 79.7 cm³/mol. The van der Waals surface area contributed by atoms with Gasteiger partial charge in [0.1, 0.15) is 5.15 Å². The van der Waals surface area contributed by atoms with Gasteiger partial charge in [0.25, 0.3) is 5.91 Å². The van der Waals surface area contributed by atoms with E-state index in [9.17, 15) is 4.79 Å². The smallest absolute Gasteiger partial charge is 0.251 e. The number of halogens is 1.